The number of benzene rings is 1. The van der Waals surface area contributed by atoms with E-state index < -0.39 is 18.0 Å². The van der Waals surface area contributed by atoms with Crippen LogP contribution in [0.2, 0.25) is 0 Å². The van der Waals surface area contributed by atoms with Gasteiger partial charge in [-0.3, -0.25) is 10.4 Å². The molecule has 2 rings (SSSR count). The minimum atomic E-state index is -1.11. The van der Waals surface area contributed by atoms with Crippen molar-refractivity contribution in [2.24, 2.45) is 0 Å². The Kier molecular flexibility index (Phi) is 5.01. The number of rotatable bonds is 5. The van der Waals surface area contributed by atoms with Crippen LogP contribution in [0.3, 0.4) is 0 Å². The zero-order chi connectivity index (χ0) is 15.2. The molecule has 110 valence electrons. The van der Waals surface area contributed by atoms with Crippen molar-refractivity contribution in [3.63, 3.8) is 0 Å². The third-order valence-electron chi connectivity index (χ3n) is 2.54. The van der Waals surface area contributed by atoms with Gasteiger partial charge in [-0.25, -0.2) is 9.59 Å². The van der Waals surface area contributed by atoms with Gasteiger partial charge < -0.3 is 10.4 Å². The number of urea groups is 1. The van der Waals surface area contributed by atoms with Crippen LogP contribution in [-0.2, 0) is 11.2 Å². The molecule has 0 bridgehead atoms. The maximum atomic E-state index is 11.8. The fourth-order valence-electron chi connectivity index (χ4n) is 1.62. The van der Waals surface area contributed by atoms with Crippen molar-refractivity contribution in [2.45, 2.75) is 12.5 Å². The molecule has 0 aliphatic rings. The van der Waals surface area contributed by atoms with Crippen molar-refractivity contribution in [3.05, 3.63) is 39.8 Å². The van der Waals surface area contributed by atoms with Crippen LogP contribution in [0.4, 0.5) is 9.93 Å². The summed E-state index contributed by atoms with van der Waals surface area (Å²) in [6, 6.07) is 7.39. The van der Waals surface area contributed by atoms with E-state index in [0.717, 1.165) is 16.9 Å². The second-order valence-electron chi connectivity index (χ2n) is 4.10. The van der Waals surface area contributed by atoms with Crippen LogP contribution in [0.25, 0.3) is 0 Å². The van der Waals surface area contributed by atoms with Gasteiger partial charge in [-0.15, -0.1) is 5.10 Å². The summed E-state index contributed by atoms with van der Waals surface area (Å²) in [5.74, 6) is -1.11. The number of hydrogen-bond acceptors (Lipinski definition) is 5. The van der Waals surface area contributed by atoms with E-state index in [-0.39, 0.29) is 11.6 Å². The summed E-state index contributed by atoms with van der Waals surface area (Å²) in [5.41, 5.74) is 0.820. The Morgan fingerprint density at radius 3 is 2.67 bits per heavy atom. The molecule has 0 saturated carbocycles. The van der Waals surface area contributed by atoms with Gasteiger partial charge in [0, 0.05) is 6.42 Å². The third-order valence-corrected chi connectivity index (χ3v) is 3.55. The molecule has 0 radical (unpaired) electrons. The van der Waals surface area contributed by atoms with E-state index >= 15 is 0 Å². The number of carbonyl (C=O) groups is 2. The van der Waals surface area contributed by atoms with E-state index in [0.29, 0.717) is 3.95 Å². The van der Waals surface area contributed by atoms with Crippen LogP contribution in [0.5, 0.6) is 0 Å². The van der Waals surface area contributed by atoms with Crippen molar-refractivity contribution in [1.82, 2.24) is 15.5 Å². The number of aromatic nitrogens is 2. The van der Waals surface area contributed by atoms with Gasteiger partial charge in [0.1, 0.15) is 6.04 Å². The van der Waals surface area contributed by atoms with Crippen LogP contribution < -0.4 is 10.6 Å². The van der Waals surface area contributed by atoms with Crippen molar-refractivity contribution in [1.29, 1.82) is 0 Å². The Morgan fingerprint density at radius 2 is 2.10 bits per heavy atom. The molecule has 4 N–H and O–H groups in total. The Balaban J connectivity index is 1.97. The fourth-order valence-corrected chi connectivity index (χ4v) is 2.41. The predicted molar refractivity (Wildman–Crippen MR) is 81.0 cm³/mol. The minimum Gasteiger partial charge on any atom is -0.480 e. The zero-order valence-electron chi connectivity index (χ0n) is 10.7. The zero-order valence-corrected chi connectivity index (χ0v) is 12.3. The van der Waals surface area contributed by atoms with E-state index in [4.69, 9.17) is 12.2 Å². The van der Waals surface area contributed by atoms with Crippen molar-refractivity contribution in [2.75, 3.05) is 5.32 Å². The highest BCUT2D eigenvalue weighted by atomic mass is 32.1. The molecule has 1 atom stereocenters. The van der Waals surface area contributed by atoms with Gasteiger partial charge in [0.05, 0.1) is 0 Å². The molecule has 0 saturated heterocycles. The van der Waals surface area contributed by atoms with E-state index in [1.165, 1.54) is 0 Å². The lowest BCUT2D eigenvalue weighted by Gasteiger charge is -2.14. The second-order valence-corrected chi connectivity index (χ2v) is 5.76. The maximum absolute atomic E-state index is 11.8. The number of anilines is 1. The lowest BCUT2D eigenvalue weighted by molar-refractivity contribution is -0.139. The monoisotopic (exact) mass is 324 g/mol. The quantitative estimate of drug-likeness (QED) is 0.629. The molecule has 0 fully saturated rings. The SMILES string of the molecule is O=C(Nc1n[nH]c(=S)s1)N[C@@H](Cc1ccccc1)C(=O)O. The molecule has 0 unspecified atom stereocenters. The van der Waals surface area contributed by atoms with Crippen LogP contribution in [-0.4, -0.2) is 33.3 Å². The molecule has 0 spiro atoms. The normalized spacial score (nSPS) is 11.6. The number of aromatic amines is 1. The van der Waals surface area contributed by atoms with E-state index in [9.17, 15) is 14.7 Å². The Morgan fingerprint density at radius 1 is 1.38 bits per heavy atom. The number of carbonyl (C=O) groups excluding carboxylic acids is 1. The number of amides is 2. The first-order valence-corrected chi connectivity index (χ1v) is 7.17. The first kappa shape index (κ1) is 15.1. The van der Waals surface area contributed by atoms with Crippen LogP contribution in [0, 0.1) is 3.95 Å². The van der Waals surface area contributed by atoms with Gasteiger partial charge in [-0.05, 0) is 17.8 Å². The smallest absolute Gasteiger partial charge is 0.326 e. The van der Waals surface area contributed by atoms with E-state index in [1.54, 1.807) is 12.1 Å². The standard InChI is InChI=1S/C12H12N4O3S2/c17-9(18)8(6-7-4-2-1-3-5-7)13-10(19)14-11-15-16-12(20)21-11/h1-5,8H,6H2,(H,16,20)(H,17,18)(H2,13,14,15,19)/t8-/m0/s1. The number of H-pyrrole nitrogens is 1. The fraction of sp³-hybridized carbons (Fsp3) is 0.167. The number of carboxylic acid groups (broad SMARTS) is 1. The Bertz CT molecular complexity index is 683. The van der Waals surface area contributed by atoms with Gasteiger partial charge in [0.25, 0.3) is 0 Å². The summed E-state index contributed by atoms with van der Waals surface area (Å²) >= 11 is 5.92. The molecule has 0 aliphatic heterocycles. The average Bonchev–Trinajstić information content (AvgIpc) is 2.84. The molecule has 9 heteroatoms. The summed E-state index contributed by atoms with van der Waals surface area (Å²) in [5, 5.41) is 20.6. The highest BCUT2D eigenvalue weighted by Crippen LogP contribution is 2.10. The van der Waals surface area contributed by atoms with Crippen LogP contribution in [0.15, 0.2) is 30.3 Å². The molecule has 2 aromatic rings. The van der Waals surface area contributed by atoms with Gasteiger partial charge in [0.2, 0.25) is 5.13 Å². The largest absolute Gasteiger partial charge is 0.480 e. The van der Waals surface area contributed by atoms with Gasteiger partial charge >= 0.3 is 12.0 Å². The van der Waals surface area contributed by atoms with Gasteiger partial charge in [0.15, 0.2) is 3.95 Å². The van der Waals surface area contributed by atoms with E-state index in [1.807, 2.05) is 18.2 Å². The topological polar surface area (TPSA) is 107 Å². The molecular formula is C12H12N4O3S2. The van der Waals surface area contributed by atoms with Crippen LogP contribution >= 0.6 is 23.6 Å². The number of nitrogens with one attached hydrogen (secondary N) is 3. The van der Waals surface area contributed by atoms with Crippen molar-refractivity contribution < 1.29 is 14.7 Å². The Labute approximate surface area is 129 Å². The van der Waals surface area contributed by atoms with Crippen LogP contribution in [0.1, 0.15) is 5.56 Å². The van der Waals surface area contributed by atoms with Gasteiger partial charge in [-0.1, -0.05) is 41.7 Å². The predicted octanol–water partition coefficient (Wildman–Crippen LogP) is 2.02. The lowest BCUT2D eigenvalue weighted by atomic mass is 10.1. The lowest BCUT2D eigenvalue weighted by Crippen LogP contribution is -2.44. The molecule has 0 aliphatic carbocycles. The summed E-state index contributed by atoms with van der Waals surface area (Å²) in [6.07, 6.45) is 0.194. The molecule has 21 heavy (non-hydrogen) atoms. The third kappa shape index (κ3) is 4.65. The summed E-state index contributed by atoms with van der Waals surface area (Å²) in [7, 11) is 0. The maximum Gasteiger partial charge on any atom is 0.326 e. The van der Waals surface area contributed by atoms with Crippen molar-refractivity contribution >= 4 is 40.7 Å². The molecule has 1 heterocycles. The minimum absolute atomic E-state index is 0.194. The van der Waals surface area contributed by atoms with E-state index in [2.05, 4.69) is 20.8 Å². The first-order chi connectivity index (χ1) is 10.0. The highest BCUT2D eigenvalue weighted by molar-refractivity contribution is 7.73. The highest BCUT2D eigenvalue weighted by Gasteiger charge is 2.20. The number of carboxylic acids is 1. The molecule has 7 nitrogen and oxygen atoms in total. The second kappa shape index (κ2) is 6.95. The summed E-state index contributed by atoms with van der Waals surface area (Å²) < 4.78 is 0.421. The number of hydrogen-bond donors (Lipinski definition) is 4. The summed E-state index contributed by atoms with van der Waals surface area (Å²) in [6.45, 7) is 0. The summed E-state index contributed by atoms with van der Waals surface area (Å²) in [4.78, 5) is 23.0. The Hall–Kier alpha value is -2.26. The molecule has 2 amide bonds. The van der Waals surface area contributed by atoms with Gasteiger partial charge in [-0.2, -0.15) is 0 Å². The number of aliphatic carboxylic acids is 1. The van der Waals surface area contributed by atoms with Crippen molar-refractivity contribution in [3.8, 4) is 0 Å². The first-order valence-electron chi connectivity index (χ1n) is 5.94. The average molecular weight is 324 g/mol. The molecule has 1 aromatic carbocycles. The number of nitrogens with zero attached hydrogens (tertiary/aromatic N) is 1. The molecule has 1 aromatic heterocycles. The molecular weight excluding hydrogens is 312 g/mol.